The molecule has 0 aromatic heterocycles. The van der Waals surface area contributed by atoms with Crippen LogP contribution in [0.25, 0.3) is 0 Å². The molecule has 8 nitrogen and oxygen atoms in total. The van der Waals surface area contributed by atoms with E-state index in [4.69, 9.17) is 5.11 Å². The van der Waals surface area contributed by atoms with Gasteiger partial charge in [0.05, 0.1) is 17.4 Å². The molecule has 0 aromatic rings. The first kappa shape index (κ1) is 17.7. The number of amides is 2. The molecule has 0 aliphatic carbocycles. The Hall–Kier alpha value is -1.64. The fourth-order valence-electron chi connectivity index (χ4n) is 3.07. The van der Waals surface area contributed by atoms with Gasteiger partial charge in [0.15, 0.2) is 9.84 Å². The van der Waals surface area contributed by atoms with Gasteiger partial charge in [-0.05, 0) is 12.3 Å². The maximum Gasteiger partial charge on any atom is 0.326 e. The average Bonchev–Trinajstić information content (AvgIpc) is 2.97. The van der Waals surface area contributed by atoms with E-state index in [1.165, 1.54) is 4.90 Å². The molecule has 0 aromatic carbocycles. The van der Waals surface area contributed by atoms with Crippen LogP contribution in [0.2, 0.25) is 0 Å². The Morgan fingerprint density at radius 3 is 2.48 bits per heavy atom. The number of carbonyl (C=O) groups excluding carboxylic acids is 2. The Kier molecular flexibility index (Phi) is 4.98. The van der Waals surface area contributed by atoms with Gasteiger partial charge in [0.1, 0.15) is 6.04 Å². The molecule has 0 bridgehead atoms. The van der Waals surface area contributed by atoms with Crippen molar-refractivity contribution in [2.45, 2.75) is 38.8 Å². The maximum absolute atomic E-state index is 12.2. The Bertz CT molecular complexity index is 615. The molecule has 130 valence electrons. The number of nitrogens with zero attached hydrogens (tertiary/aromatic N) is 1. The molecule has 2 heterocycles. The van der Waals surface area contributed by atoms with Gasteiger partial charge in [-0.15, -0.1) is 0 Å². The van der Waals surface area contributed by atoms with Crippen molar-refractivity contribution in [3.8, 4) is 0 Å². The normalized spacial score (nSPS) is 28.1. The standard InChI is InChI=1S/C14H22N2O6S/c1-8(2)12(14(19)20)15-13(18)9-5-11(17)16(6-9)10-3-4-23(21,22)7-10/h8-10,12H,3-7H2,1-2H3,(H,15,18)(H,19,20)/t9?,10?,12-/m1/s1. The Morgan fingerprint density at radius 1 is 1.35 bits per heavy atom. The van der Waals surface area contributed by atoms with Crippen LogP contribution in [-0.4, -0.2) is 66.3 Å². The van der Waals surface area contributed by atoms with Gasteiger partial charge >= 0.3 is 5.97 Å². The molecular formula is C14H22N2O6S. The molecule has 23 heavy (non-hydrogen) atoms. The van der Waals surface area contributed by atoms with Crippen LogP contribution in [0, 0.1) is 11.8 Å². The summed E-state index contributed by atoms with van der Waals surface area (Å²) < 4.78 is 23.1. The third-order valence-corrected chi connectivity index (χ3v) is 6.16. The number of carboxylic acids is 1. The summed E-state index contributed by atoms with van der Waals surface area (Å²) in [6.45, 7) is 3.53. The lowest BCUT2D eigenvalue weighted by atomic mass is 10.0. The second-order valence-electron chi connectivity index (χ2n) is 6.57. The monoisotopic (exact) mass is 346 g/mol. The molecular weight excluding hydrogens is 324 g/mol. The van der Waals surface area contributed by atoms with Crippen molar-refractivity contribution >= 4 is 27.6 Å². The number of nitrogens with one attached hydrogen (secondary N) is 1. The van der Waals surface area contributed by atoms with Crippen molar-refractivity contribution in [1.82, 2.24) is 10.2 Å². The van der Waals surface area contributed by atoms with Crippen molar-refractivity contribution < 1.29 is 27.9 Å². The molecule has 0 saturated carbocycles. The lowest BCUT2D eigenvalue weighted by Crippen LogP contribution is -2.47. The third kappa shape index (κ3) is 4.01. The summed E-state index contributed by atoms with van der Waals surface area (Å²) in [6, 6.07) is -1.37. The average molecular weight is 346 g/mol. The number of carboxylic acid groups (broad SMARTS) is 1. The van der Waals surface area contributed by atoms with E-state index >= 15 is 0 Å². The first-order valence-electron chi connectivity index (χ1n) is 7.64. The molecule has 2 aliphatic rings. The second-order valence-corrected chi connectivity index (χ2v) is 8.80. The third-order valence-electron chi connectivity index (χ3n) is 4.41. The molecule has 2 rings (SSSR count). The molecule has 2 N–H and O–H groups in total. The van der Waals surface area contributed by atoms with E-state index in [2.05, 4.69) is 5.32 Å². The first-order chi connectivity index (χ1) is 10.6. The summed E-state index contributed by atoms with van der Waals surface area (Å²) >= 11 is 0. The smallest absolute Gasteiger partial charge is 0.326 e. The first-order valence-corrected chi connectivity index (χ1v) is 9.46. The number of rotatable bonds is 5. The van der Waals surface area contributed by atoms with Gasteiger partial charge in [-0.25, -0.2) is 13.2 Å². The molecule has 0 radical (unpaired) electrons. The molecule has 0 spiro atoms. The van der Waals surface area contributed by atoms with Crippen molar-refractivity contribution in [3.63, 3.8) is 0 Å². The van der Waals surface area contributed by atoms with E-state index in [-0.39, 0.29) is 42.3 Å². The van der Waals surface area contributed by atoms with Crippen LogP contribution < -0.4 is 5.32 Å². The van der Waals surface area contributed by atoms with Crippen LogP contribution in [-0.2, 0) is 24.2 Å². The van der Waals surface area contributed by atoms with Gasteiger partial charge in [0.2, 0.25) is 11.8 Å². The second kappa shape index (κ2) is 6.46. The highest BCUT2D eigenvalue weighted by Crippen LogP contribution is 2.26. The summed E-state index contributed by atoms with van der Waals surface area (Å²) in [5.74, 6) is -2.73. The summed E-state index contributed by atoms with van der Waals surface area (Å²) in [5, 5.41) is 11.6. The molecule has 3 atom stereocenters. The van der Waals surface area contributed by atoms with E-state index in [1.54, 1.807) is 13.8 Å². The summed E-state index contributed by atoms with van der Waals surface area (Å²) in [4.78, 5) is 36.9. The Labute approximate surface area is 135 Å². The number of likely N-dealkylation sites (tertiary alicyclic amines) is 1. The van der Waals surface area contributed by atoms with Crippen molar-refractivity contribution in [2.75, 3.05) is 18.1 Å². The fourth-order valence-corrected chi connectivity index (χ4v) is 4.80. The number of sulfone groups is 1. The fraction of sp³-hybridized carbons (Fsp3) is 0.786. The van der Waals surface area contributed by atoms with Gasteiger partial charge in [-0.2, -0.15) is 0 Å². The van der Waals surface area contributed by atoms with Gasteiger partial charge in [-0.1, -0.05) is 13.8 Å². The van der Waals surface area contributed by atoms with Gasteiger partial charge in [0, 0.05) is 19.0 Å². The van der Waals surface area contributed by atoms with Crippen LogP contribution in [0.5, 0.6) is 0 Å². The molecule has 2 fully saturated rings. The lowest BCUT2D eigenvalue weighted by Gasteiger charge is -2.23. The number of aliphatic carboxylic acids is 1. The van der Waals surface area contributed by atoms with Gasteiger partial charge in [-0.3, -0.25) is 9.59 Å². The lowest BCUT2D eigenvalue weighted by molar-refractivity contribution is -0.143. The van der Waals surface area contributed by atoms with Crippen molar-refractivity contribution in [2.24, 2.45) is 11.8 Å². The summed E-state index contributed by atoms with van der Waals surface area (Å²) in [6.07, 6.45) is 0.388. The molecule has 2 unspecified atom stereocenters. The van der Waals surface area contributed by atoms with Gasteiger partial charge in [0.25, 0.3) is 0 Å². The molecule has 2 amide bonds. The highest BCUT2D eigenvalue weighted by Gasteiger charge is 2.42. The largest absolute Gasteiger partial charge is 0.480 e. The minimum Gasteiger partial charge on any atom is -0.480 e. The van der Waals surface area contributed by atoms with Crippen molar-refractivity contribution in [1.29, 1.82) is 0 Å². The van der Waals surface area contributed by atoms with Crippen LogP contribution in [0.15, 0.2) is 0 Å². The zero-order valence-electron chi connectivity index (χ0n) is 13.2. The Balaban J connectivity index is 1.99. The summed E-state index contributed by atoms with van der Waals surface area (Å²) in [7, 11) is -3.11. The van der Waals surface area contributed by atoms with Crippen LogP contribution >= 0.6 is 0 Å². The van der Waals surface area contributed by atoms with Crippen LogP contribution in [0.3, 0.4) is 0 Å². The number of hydrogen-bond donors (Lipinski definition) is 2. The summed E-state index contributed by atoms with van der Waals surface area (Å²) in [5.41, 5.74) is 0. The predicted octanol–water partition coefficient (Wildman–Crippen LogP) is -0.753. The maximum atomic E-state index is 12.2. The van der Waals surface area contributed by atoms with Crippen LogP contribution in [0.1, 0.15) is 26.7 Å². The SMILES string of the molecule is CC(C)[C@@H](NC(=O)C1CC(=O)N(C2CCS(=O)(=O)C2)C1)C(=O)O. The van der Waals surface area contributed by atoms with E-state index in [0.29, 0.717) is 6.42 Å². The van der Waals surface area contributed by atoms with E-state index in [9.17, 15) is 22.8 Å². The zero-order valence-corrected chi connectivity index (χ0v) is 14.0. The van der Waals surface area contributed by atoms with Gasteiger partial charge < -0.3 is 15.3 Å². The zero-order chi connectivity index (χ0) is 17.4. The van der Waals surface area contributed by atoms with E-state index < -0.39 is 33.7 Å². The molecule has 9 heteroatoms. The number of hydrogen-bond acceptors (Lipinski definition) is 5. The van der Waals surface area contributed by atoms with E-state index in [1.807, 2.05) is 0 Å². The Morgan fingerprint density at radius 2 is 2.00 bits per heavy atom. The molecule has 2 saturated heterocycles. The minimum atomic E-state index is -3.11. The predicted molar refractivity (Wildman–Crippen MR) is 81.3 cm³/mol. The molecule has 2 aliphatic heterocycles. The minimum absolute atomic E-state index is 0.00713. The topological polar surface area (TPSA) is 121 Å². The van der Waals surface area contributed by atoms with Crippen LogP contribution in [0.4, 0.5) is 0 Å². The number of carbonyl (C=O) groups is 3. The van der Waals surface area contributed by atoms with Crippen molar-refractivity contribution in [3.05, 3.63) is 0 Å². The quantitative estimate of drug-likeness (QED) is 0.675. The highest BCUT2D eigenvalue weighted by atomic mass is 32.2. The van der Waals surface area contributed by atoms with E-state index in [0.717, 1.165) is 0 Å². The highest BCUT2D eigenvalue weighted by molar-refractivity contribution is 7.91.